The third kappa shape index (κ3) is 3.91. The molecular weight excluding hydrogens is 370 g/mol. The normalized spacial score (nSPS) is 16.1. The number of likely N-dealkylation sites (tertiary alicyclic amines) is 1. The van der Waals surface area contributed by atoms with E-state index in [-0.39, 0.29) is 12.0 Å². The summed E-state index contributed by atoms with van der Waals surface area (Å²) in [7, 11) is 3.40. The van der Waals surface area contributed by atoms with Gasteiger partial charge in [-0.25, -0.2) is 4.98 Å². The number of amides is 1. The van der Waals surface area contributed by atoms with Crippen LogP contribution < -0.4 is 9.47 Å². The summed E-state index contributed by atoms with van der Waals surface area (Å²) < 4.78 is 13.0. The summed E-state index contributed by atoms with van der Waals surface area (Å²) >= 11 is 0. The summed E-state index contributed by atoms with van der Waals surface area (Å²) in [5.41, 5.74) is 2.09. The van der Waals surface area contributed by atoms with Gasteiger partial charge in [-0.1, -0.05) is 12.1 Å². The van der Waals surface area contributed by atoms with Crippen LogP contribution in [0.5, 0.6) is 11.6 Å². The van der Waals surface area contributed by atoms with Crippen molar-refractivity contribution < 1.29 is 14.3 Å². The van der Waals surface area contributed by atoms with E-state index in [1.807, 2.05) is 37.3 Å². The summed E-state index contributed by atoms with van der Waals surface area (Å²) in [6.45, 7) is 2.96. The van der Waals surface area contributed by atoms with Crippen LogP contribution >= 0.6 is 0 Å². The number of nitrogens with zero attached hydrogens (tertiary/aromatic N) is 5. The number of ether oxygens (including phenoxy) is 2. The highest BCUT2D eigenvalue weighted by Gasteiger charge is 2.30. The number of rotatable bonds is 5. The van der Waals surface area contributed by atoms with Crippen LogP contribution in [-0.4, -0.2) is 56.9 Å². The third-order valence-corrected chi connectivity index (χ3v) is 4.95. The monoisotopic (exact) mass is 393 g/mol. The first-order valence-corrected chi connectivity index (χ1v) is 9.48. The first-order chi connectivity index (χ1) is 14.0. The number of carbonyl (C=O) groups excluding carboxylic acids is 1. The van der Waals surface area contributed by atoms with E-state index < -0.39 is 0 Å². The van der Waals surface area contributed by atoms with Gasteiger partial charge in [0.15, 0.2) is 0 Å². The molecule has 0 radical (unpaired) electrons. The molecular formula is C21H23N5O3. The molecule has 8 heteroatoms. The number of para-hydroxylation sites is 1. The molecule has 150 valence electrons. The molecule has 29 heavy (non-hydrogen) atoms. The zero-order valence-corrected chi connectivity index (χ0v) is 16.7. The average Bonchev–Trinajstić information content (AvgIpc) is 3.34. The Bertz CT molecular complexity index is 1030. The second-order valence-corrected chi connectivity index (χ2v) is 6.96. The molecule has 0 saturated carbocycles. The molecule has 1 aliphatic rings. The number of aryl methyl sites for hydroxylation is 2. The van der Waals surface area contributed by atoms with Gasteiger partial charge < -0.3 is 14.4 Å². The van der Waals surface area contributed by atoms with Crippen LogP contribution in [0.15, 0.2) is 42.6 Å². The maximum absolute atomic E-state index is 13.1. The quantitative estimate of drug-likeness (QED) is 0.662. The molecule has 1 amide bonds. The number of carbonyl (C=O) groups is 1. The van der Waals surface area contributed by atoms with Gasteiger partial charge in [0, 0.05) is 37.8 Å². The number of benzene rings is 1. The Morgan fingerprint density at radius 2 is 2.07 bits per heavy atom. The van der Waals surface area contributed by atoms with Crippen molar-refractivity contribution in [3.63, 3.8) is 0 Å². The van der Waals surface area contributed by atoms with Gasteiger partial charge in [-0.15, -0.1) is 0 Å². The maximum Gasteiger partial charge on any atom is 0.272 e. The van der Waals surface area contributed by atoms with E-state index in [0.29, 0.717) is 36.2 Å². The lowest BCUT2D eigenvalue weighted by atomic mass is 10.1. The Morgan fingerprint density at radius 3 is 2.86 bits per heavy atom. The van der Waals surface area contributed by atoms with Crippen molar-refractivity contribution in [3.8, 4) is 22.9 Å². The Labute approximate surface area is 169 Å². The van der Waals surface area contributed by atoms with E-state index in [9.17, 15) is 4.79 Å². The number of hydrogen-bond donors (Lipinski definition) is 0. The van der Waals surface area contributed by atoms with Crippen molar-refractivity contribution in [1.82, 2.24) is 24.6 Å². The number of hydrogen-bond acceptors (Lipinski definition) is 6. The lowest BCUT2D eigenvalue weighted by molar-refractivity contribution is 0.0760. The SMILES string of the molecule is COc1ccccc1-c1cc(C(=O)N2CCC(Oc3ccnc(C)n3)C2)n(C)n1. The molecule has 1 fully saturated rings. The second kappa shape index (κ2) is 7.90. The van der Waals surface area contributed by atoms with E-state index in [1.54, 1.807) is 36.0 Å². The van der Waals surface area contributed by atoms with E-state index >= 15 is 0 Å². The van der Waals surface area contributed by atoms with Crippen molar-refractivity contribution in [2.75, 3.05) is 20.2 Å². The van der Waals surface area contributed by atoms with Gasteiger partial charge in [0.1, 0.15) is 23.4 Å². The average molecular weight is 393 g/mol. The summed E-state index contributed by atoms with van der Waals surface area (Å²) in [5.74, 6) is 1.86. The van der Waals surface area contributed by atoms with Crippen molar-refractivity contribution in [2.45, 2.75) is 19.4 Å². The summed E-state index contributed by atoms with van der Waals surface area (Å²) in [4.78, 5) is 23.2. The minimum absolute atomic E-state index is 0.0638. The van der Waals surface area contributed by atoms with Crippen LogP contribution in [-0.2, 0) is 7.05 Å². The van der Waals surface area contributed by atoms with Gasteiger partial charge in [-0.05, 0) is 25.1 Å². The topological polar surface area (TPSA) is 82.4 Å². The second-order valence-electron chi connectivity index (χ2n) is 6.96. The minimum Gasteiger partial charge on any atom is -0.496 e. The van der Waals surface area contributed by atoms with E-state index in [1.165, 1.54) is 0 Å². The van der Waals surface area contributed by atoms with Gasteiger partial charge in [0.2, 0.25) is 5.88 Å². The van der Waals surface area contributed by atoms with Crippen molar-refractivity contribution in [1.29, 1.82) is 0 Å². The minimum atomic E-state index is -0.0878. The predicted octanol–water partition coefficient (Wildman–Crippen LogP) is 2.49. The first kappa shape index (κ1) is 18.9. The number of aromatic nitrogens is 4. The molecule has 8 nitrogen and oxygen atoms in total. The van der Waals surface area contributed by atoms with Crippen LogP contribution in [0, 0.1) is 6.92 Å². The van der Waals surface area contributed by atoms with Crippen LogP contribution in [0.1, 0.15) is 22.7 Å². The Balaban J connectivity index is 1.48. The van der Waals surface area contributed by atoms with Gasteiger partial charge in [0.05, 0.1) is 19.3 Å². The fourth-order valence-corrected chi connectivity index (χ4v) is 3.50. The highest BCUT2D eigenvalue weighted by atomic mass is 16.5. The number of methoxy groups -OCH3 is 1. The van der Waals surface area contributed by atoms with Crippen LogP contribution in [0.2, 0.25) is 0 Å². The summed E-state index contributed by atoms with van der Waals surface area (Å²) in [6, 6.07) is 11.2. The largest absolute Gasteiger partial charge is 0.496 e. The third-order valence-electron chi connectivity index (χ3n) is 4.95. The lowest BCUT2D eigenvalue weighted by Gasteiger charge is -2.17. The van der Waals surface area contributed by atoms with Gasteiger partial charge in [-0.3, -0.25) is 9.48 Å². The molecule has 2 aromatic heterocycles. The standard InChI is InChI=1S/C21H23N5O3/c1-14-22-10-8-20(23-14)29-15-9-11-26(13-15)21(27)18-12-17(24-25(18)2)16-6-4-5-7-19(16)28-3/h4-8,10,12,15H,9,11,13H2,1-3H3. The maximum atomic E-state index is 13.1. The Hall–Kier alpha value is -3.42. The zero-order chi connectivity index (χ0) is 20.4. The molecule has 0 bridgehead atoms. The first-order valence-electron chi connectivity index (χ1n) is 9.48. The molecule has 1 unspecified atom stereocenters. The molecule has 1 atom stereocenters. The van der Waals surface area contributed by atoms with E-state index in [2.05, 4.69) is 15.1 Å². The molecule has 0 N–H and O–H groups in total. The van der Waals surface area contributed by atoms with E-state index in [0.717, 1.165) is 17.7 Å². The zero-order valence-electron chi connectivity index (χ0n) is 16.7. The highest BCUT2D eigenvalue weighted by Crippen LogP contribution is 2.29. The highest BCUT2D eigenvalue weighted by molar-refractivity contribution is 5.94. The molecule has 1 aromatic carbocycles. The Kier molecular flexibility index (Phi) is 5.16. The van der Waals surface area contributed by atoms with Crippen molar-refractivity contribution in [2.24, 2.45) is 7.05 Å². The molecule has 1 aliphatic heterocycles. The van der Waals surface area contributed by atoms with Gasteiger partial charge >= 0.3 is 0 Å². The van der Waals surface area contributed by atoms with E-state index in [4.69, 9.17) is 9.47 Å². The fraction of sp³-hybridized carbons (Fsp3) is 0.333. The summed E-state index contributed by atoms with van der Waals surface area (Å²) in [5, 5.41) is 4.52. The predicted molar refractivity (Wildman–Crippen MR) is 107 cm³/mol. The lowest BCUT2D eigenvalue weighted by Crippen LogP contribution is -2.32. The van der Waals surface area contributed by atoms with Crippen molar-refractivity contribution >= 4 is 5.91 Å². The molecule has 0 aliphatic carbocycles. The van der Waals surface area contributed by atoms with Crippen LogP contribution in [0.3, 0.4) is 0 Å². The summed E-state index contributed by atoms with van der Waals surface area (Å²) in [6.07, 6.45) is 2.34. The van der Waals surface area contributed by atoms with Crippen molar-refractivity contribution in [3.05, 3.63) is 54.1 Å². The molecule has 1 saturated heterocycles. The molecule has 3 heterocycles. The molecule has 0 spiro atoms. The van der Waals surface area contributed by atoms with Crippen LogP contribution in [0.25, 0.3) is 11.3 Å². The van der Waals surface area contributed by atoms with Gasteiger partial charge in [0.25, 0.3) is 5.91 Å². The van der Waals surface area contributed by atoms with Crippen LogP contribution in [0.4, 0.5) is 0 Å². The molecule has 4 rings (SSSR count). The Morgan fingerprint density at radius 1 is 1.24 bits per heavy atom. The molecule has 3 aromatic rings. The smallest absolute Gasteiger partial charge is 0.272 e. The van der Waals surface area contributed by atoms with Gasteiger partial charge in [-0.2, -0.15) is 10.1 Å². The fourth-order valence-electron chi connectivity index (χ4n) is 3.50.